The number of carbonyl (C=O) groups is 1. The topological polar surface area (TPSA) is 71.7 Å². The van der Waals surface area contributed by atoms with E-state index in [4.69, 9.17) is 0 Å². The number of allylic oxidation sites excluding steroid dienone is 1. The van der Waals surface area contributed by atoms with Crippen molar-refractivity contribution in [1.29, 1.82) is 0 Å². The summed E-state index contributed by atoms with van der Waals surface area (Å²) in [7, 11) is -3.44. The first-order chi connectivity index (χ1) is 13.8. The number of aromatic nitrogens is 1. The standard InChI is InChI=1S/C21H29N3O3S2/c1-4-6-9-16-11-12-17-19(15-16)28-21(23(17)13-5-2)22-20(25)18-10-7-8-14-24(18)29(3,26)27/h5,11-12,15,18H,2,4,6-10,13-14H2,1,3H3. The fraction of sp³-hybridized carbons (Fsp3) is 0.524. The third-order valence-electron chi connectivity index (χ3n) is 5.25. The van der Waals surface area contributed by atoms with Crippen LogP contribution in [0.5, 0.6) is 0 Å². The molecule has 0 spiro atoms. The lowest BCUT2D eigenvalue weighted by Crippen LogP contribution is -2.47. The Labute approximate surface area is 176 Å². The Morgan fingerprint density at radius 2 is 2.17 bits per heavy atom. The van der Waals surface area contributed by atoms with Crippen LogP contribution in [0.3, 0.4) is 0 Å². The molecule has 1 fully saturated rings. The molecule has 1 aromatic carbocycles. The molecule has 158 valence electrons. The molecule has 1 aliphatic heterocycles. The molecule has 2 aromatic rings. The fourth-order valence-corrected chi connectivity index (χ4v) is 5.99. The molecule has 0 N–H and O–H groups in total. The van der Waals surface area contributed by atoms with Crippen LogP contribution in [0.25, 0.3) is 10.2 Å². The largest absolute Gasteiger partial charge is 0.313 e. The number of rotatable bonds is 7. The van der Waals surface area contributed by atoms with E-state index < -0.39 is 16.1 Å². The summed E-state index contributed by atoms with van der Waals surface area (Å²) in [4.78, 5) is 17.9. The Morgan fingerprint density at radius 3 is 2.86 bits per heavy atom. The van der Waals surface area contributed by atoms with Crippen LogP contribution in [0, 0.1) is 0 Å². The van der Waals surface area contributed by atoms with Gasteiger partial charge in [-0.2, -0.15) is 9.30 Å². The summed E-state index contributed by atoms with van der Waals surface area (Å²) in [6.07, 6.45) is 8.38. The summed E-state index contributed by atoms with van der Waals surface area (Å²) in [6.45, 7) is 6.92. The van der Waals surface area contributed by atoms with E-state index >= 15 is 0 Å². The van der Waals surface area contributed by atoms with E-state index in [0.717, 1.165) is 48.6 Å². The van der Waals surface area contributed by atoms with E-state index in [-0.39, 0.29) is 5.91 Å². The predicted molar refractivity (Wildman–Crippen MR) is 118 cm³/mol. The first-order valence-electron chi connectivity index (χ1n) is 10.1. The minimum Gasteiger partial charge on any atom is -0.313 e. The molecular formula is C21H29N3O3S2. The number of piperidine rings is 1. The molecule has 1 amide bonds. The summed E-state index contributed by atoms with van der Waals surface area (Å²) in [5.74, 6) is -0.384. The van der Waals surface area contributed by atoms with Gasteiger partial charge in [0.1, 0.15) is 6.04 Å². The second kappa shape index (κ2) is 9.36. The Balaban J connectivity index is 2.02. The monoisotopic (exact) mass is 435 g/mol. The van der Waals surface area contributed by atoms with Crippen LogP contribution in [-0.2, 0) is 27.8 Å². The minimum absolute atomic E-state index is 0.380. The number of unbranched alkanes of at least 4 members (excludes halogenated alkanes) is 1. The predicted octanol–water partition coefficient (Wildman–Crippen LogP) is 3.47. The van der Waals surface area contributed by atoms with Crippen LogP contribution in [0.1, 0.15) is 44.6 Å². The highest BCUT2D eigenvalue weighted by molar-refractivity contribution is 7.88. The SMILES string of the molecule is C=CCn1c(=NC(=O)C2CCCCN2S(C)(=O)=O)sc2cc(CCCC)ccc21. The lowest BCUT2D eigenvalue weighted by molar-refractivity contribution is -0.122. The highest BCUT2D eigenvalue weighted by Gasteiger charge is 2.34. The summed E-state index contributed by atoms with van der Waals surface area (Å²) in [5.41, 5.74) is 2.30. The molecule has 29 heavy (non-hydrogen) atoms. The van der Waals surface area contributed by atoms with Crippen LogP contribution in [0.2, 0.25) is 0 Å². The Bertz CT molecular complexity index is 1070. The normalized spacial score (nSPS) is 19.0. The van der Waals surface area contributed by atoms with Crippen molar-refractivity contribution in [2.75, 3.05) is 12.8 Å². The first-order valence-corrected chi connectivity index (χ1v) is 12.8. The van der Waals surface area contributed by atoms with E-state index in [2.05, 4.69) is 36.7 Å². The van der Waals surface area contributed by atoms with Gasteiger partial charge in [-0.3, -0.25) is 4.79 Å². The Morgan fingerprint density at radius 1 is 1.38 bits per heavy atom. The van der Waals surface area contributed by atoms with Crippen LogP contribution < -0.4 is 4.80 Å². The number of hydrogen-bond acceptors (Lipinski definition) is 4. The van der Waals surface area contributed by atoms with Gasteiger partial charge in [0.2, 0.25) is 10.0 Å². The number of sulfonamides is 1. The van der Waals surface area contributed by atoms with Gasteiger partial charge in [0.25, 0.3) is 5.91 Å². The van der Waals surface area contributed by atoms with Crippen molar-refractivity contribution in [1.82, 2.24) is 8.87 Å². The Hall–Kier alpha value is -1.77. The van der Waals surface area contributed by atoms with Gasteiger partial charge in [0, 0.05) is 13.1 Å². The summed E-state index contributed by atoms with van der Waals surface area (Å²) >= 11 is 1.47. The second-order valence-electron chi connectivity index (χ2n) is 7.52. The summed E-state index contributed by atoms with van der Waals surface area (Å²) in [5, 5.41) is 0. The van der Waals surface area contributed by atoms with Crippen molar-refractivity contribution in [2.24, 2.45) is 4.99 Å². The van der Waals surface area contributed by atoms with Gasteiger partial charge in [0.05, 0.1) is 16.5 Å². The molecular weight excluding hydrogens is 406 g/mol. The van der Waals surface area contributed by atoms with E-state index in [1.165, 1.54) is 21.2 Å². The number of amides is 1. The van der Waals surface area contributed by atoms with Gasteiger partial charge in [0.15, 0.2) is 4.80 Å². The van der Waals surface area contributed by atoms with Gasteiger partial charge >= 0.3 is 0 Å². The number of aryl methyl sites for hydroxylation is 1. The molecule has 2 heterocycles. The zero-order valence-corrected chi connectivity index (χ0v) is 18.8. The lowest BCUT2D eigenvalue weighted by atomic mass is 10.0. The van der Waals surface area contributed by atoms with Crippen molar-refractivity contribution < 1.29 is 13.2 Å². The molecule has 8 heteroatoms. The number of carbonyl (C=O) groups excluding carboxylic acids is 1. The van der Waals surface area contributed by atoms with Crippen molar-refractivity contribution >= 4 is 37.5 Å². The summed E-state index contributed by atoms with van der Waals surface area (Å²) < 4.78 is 28.6. The van der Waals surface area contributed by atoms with E-state index in [9.17, 15) is 13.2 Å². The highest BCUT2D eigenvalue weighted by Crippen LogP contribution is 2.23. The van der Waals surface area contributed by atoms with Gasteiger partial charge in [-0.25, -0.2) is 8.42 Å². The van der Waals surface area contributed by atoms with Crippen LogP contribution in [0.4, 0.5) is 0 Å². The lowest BCUT2D eigenvalue weighted by Gasteiger charge is -2.31. The van der Waals surface area contributed by atoms with E-state index in [0.29, 0.717) is 24.3 Å². The maximum Gasteiger partial charge on any atom is 0.266 e. The number of thiazole rings is 1. The van der Waals surface area contributed by atoms with Gasteiger partial charge < -0.3 is 4.57 Å². The molecule has 6 nitrogen and oxygen atoms in total. The highest BCUT2D eigenvalue weighted by atomic mass is 32.2. The molecule has 0 radical (unpaired) electrons. The summed E-state index contributed by atoms with van der Waals surface area (Å²) in [6, 6.07) is 5.67. The molecule has 1 saturated heterocycles. The van der Waals surface area contributed by atoms with Crippen molar-refractivity contribution in [3.05, 3.63) is 41.2 Å². The smallest absolute Gasteiger partial charge is 0.266 e. The average molecular weight is 436 g/mol. The van der Waals surface area contributed by atoms with Gasteiger partial charge in [-0.05, 0) is 43.4 Å². The minimum atomic E-state index is -3.44. The maximum absolute atomic E-state index is 13.0. The molecule has 1 unspecified atom stereocenters. The van der Waals surface area contributed by atoms with Crippen molar-refractivity contribution in [2.45, 2.75) is 58.0 Å². The molecule has 3 rings (SSSR count). The Kier molecular flexibility index (Phi) is 7.08. The molecule has 0 saturated carbocycles. The zero-order valence-electron chi connectivity index (χ0n) is 17.1. The zero-order chi connectivity index (χ0) is 21.0. The third-order valence-corrected chi connectivity index (χ3v) is 7.58. The average Bonchev–Trinajstić information content (AvgIpc) is 3.02. The van der Waals surface area contributed by atoms with Crippen LogP contribution in [-0.4, -0.2) is 42.0 Å². The van der Waals surface area contributed by atoms with Gasteiger partial charge in [-0.15, -0.1) is 6.58 Å². The third kappa shape index (κ3) is 5.05. The van der Waals surface area contributed by atoms with Crippen molar-refractivity contribution in [3.8, 4) is 0 Å². The molecule has 1 atom stereocenters. The number of hydrogen-bond donors (Lipinski definition) is 0. The van der Waals surface area contributed by atoms with Gasteiger partial charge in [-0.1, -0.05) is 43.2 Å². The van der Waals surface area contributed by atoms with Crippen LogP contribution in [0.15, 0.2) is 35.8 Å². The molecule has 0 aliphatic carbocycles. The fourth-order valence-electron chi connectivity index (χ4n) is 3.76. The molecule has 1 aliphatic rings. The molecule has 1 aromatic heterocycles. The van der Waals surface area contributed by atoms with Crippen LogP contribution >= 0.6 is 11.3 Å². The van der Waals surface area contributed by atoms with E-state index in [1.807, 2.05) is 4.57 Å². The van der Waals surface area contributed by atoms with Crippen molar-refractivity contribution in [3.63, 3.8) is 0 Å². The number of fused-ring (bicyclic) bond motifs is 1. The molecule has 0 bridgehead atoms. The number of nitrogens with zero attached hydrogens (tertiary/aromatic N) is 3. The maximum atomic E-state index is 13.0. The number of benzene rings is 1. The van der Waals surface area contributed by atoms with E-state index in [1.54, 1.807) is 6.08 Å². The quantitative estimate of drug-likeness (QED) is 0.625. The second-order valence-corrected chi connectivity index (χ2v) is 10.5. The first kappa shape index (κ1) is 21.9.